The molecule has 0 aliphatic carbocycles. The number of fused-ring (bicyclic) bond motifs is 1. The van der Waals surface area contributed by atoms with Gasteiger partial charge in [-0.05, 0) is 40.6 Å². The lowest BCUT2D eigenvalue weighted by molar-refractivity contribution is 0.395. The van der Waals surface area contributed by atoms with E-state index in [-0.39, 0.29) is 5.75 Å². The first-order valence-corrected chi connectivity index (χ1v) is 12.2. The summed E-state index contributed by atoms with van der Waals surface area (Å²) in [7, 11) is -0.565. The fourth-order valence-corrected chi connectivity index (χ4v) is 4.92. The second-order valence-electron chi connectivity index (χ2n) is 7.46. The molecule has 6 nitrogen and oxygen atoms in total. The summed E-state index contributed by atoms with van der Waals surface area (Å²) in [5.41, 5.74) is 2.32. The Balaban J connectivity index is 1.72. The van der Waals surface area contributed by atoms with Crippen LogP contribution in [0.3, 0.4) is 0 Å². The Hall–Kier alpha value is -3.42. The highest BCUT2D eigenvalue weighted by molar-refractivity contribution is 7.91. The lowest BCUT2D eigenvalue weighted by Crippen LogP contribution is -2.16. The maximum Gasteiger partial charge on any atom is 0.236 e. The van der Waals surface area contributed by atoms with Crippen molar-refractivity contribution in [3.05, 3.63) is 89.4 Å². The molecule has 0 spiro atoms. The van der Waals surface area contributed by atoms with Gasteiger partial charge >= 0.3 is 0 Å². The molecule has 0 amide bonds. The molecule has 0 aliphatic rings. The van der Waals surface area contributed by atoms with E-state index < -0.39 is 10.0 Å². The van der Waals surface area contributed by atoms with E-state index in [1.165, 1.54) is 0 Å². The van der Waals surface area contributed by atoms with Crippen molar-refractivity contribution >= 4 is 49.5 Å². The number of sulfonamides is 1. The second kappa shape index (κ2) is 9.60. The number of rotatable bonds is 8. The van der Waals surface area contributed by atoms with E-state index >= 15 is 0 Å². The van der Waals surface area contributed by atoms with Crippen LogP contribution in [0, 0.1) is 0 Å². The van der Waals surface area contributed by atoms with Crippen molar-refractivity contribution in [1.29, 1.82) is 0 Å². The molecule has 0 saturated heterocycles. The maximum absolute atomic E-state index is 13.0. The Labute approximate surface area is 198 Å². The molecule has 0 atom stereocenters. The molecule has 0 radical (unpaired) electrons. The summed E-state index contributed by atoms with van der Waals surface area (Å²) < 4.78 is 39.4. The van der Waals surface area contributed by atoms with Gasteiger partial charge in [-0.3, -0.25) is 4.72 Å². The van der Waals surface area contributed by atoms with Crippen molar-refractivity contribution in [2.24, 2.45) is 0 Å². The lowest BCUT2D eigenvalue weighted by atomic mass is 10.1. The summed E-state index contributed by atoms with van der Waals surface area (Å²) >= 11 is 6.02. The lowest BCUT2D eigenvalue weighted by Gasteiger charge is -2.17. The summed E-state index contributed by atoms with van der Waals surface area (Å²) in [6, 6.07) is 23.6. The molecule has 8 heteroatoms. The van der Waals surface area contributed by atoms with E-state index in [1.54, 1.807) is 44.6 Å². The van der Waals surface area contributed by atoms with Gasteiger partial charge in [0.25, 0.3) is 0 Å². The van der Waals surface area contributed by atoms with Crippen molar-refractivity contribution < 1.29 is 17.9 Å². The van der Waals surface area contributed by atoms with Gasteiger partial charge in [-0.2, -0.15) is 0 Å². The Morgan fingerprint density at radius 3 is 2.03 bits per heavy atom. The van der Waals surface area contributed by atoms with Crippen LogP contribution in [0.4, 0.5) is 17.1 Å². The Bertz CT molecular complexity index is 1380. The van der Waals surface area contributed by atoms with E-state index in [0.29, 0.717) is 39.1 Å². The fourth-order valence-electron chi connectivity index (χ4n) is 3.51. The minimum absolute atomic E-state index is 0.202. The maximum atomic E-state index is 13.0. The van der Waals surface area contributed by atoms with E-state index in [0.717, 1.165) is 10.8 Å². The third-order valence-electron chi connectivity index (χ3n) is 5.03. The number of benzene rings is 4. The normalized spacial score (nSPS) is 11.2. The zero-order chi connectivity index (χ0) is 23.4. The molecule has 4 aromatic rings. The third-order valence-corrected chi connectivity index (χ3v) is 6.51. The average molecular weight is 483 g/mol. The molecule has 33 heavy (non-hydrogen) atoms. The monoisotopic (exact) mass is 482 g/mol. The predicted molar refractivity (Wildman–Crippen MR) is 134 cm³/mol. The van der Waals surface area contributed by atoms with Crippen molar-refractivity contribution in [2.45, 2.75) is 5.75 Å². The standard InChI is InChI=1S/C25H23ClN2O4S/c1-31-22-13-21(14-23(15-22)32-2)27-24-11-18-7-3-4-8-19(18)12-25(24)28-33(29,30)16-17-6-5-9-20(26)10-17/h3-15,27-28H,16H2,1-2H3. The molecule has 2 N–H and O–H groups in total. The number of nitrogens with one attached hydrogen (secondary N) is 2. The summed E-state index contributed by atoms with van der Waals surface area (Å²) in [5.74, 6) is 1.02. The number of hydrogen-bond donors (Lipinski definition) is 2. The highest BCUT2D eigenvalue weighted by Gasteiger charge is 2.16. The van der Waals surface area contributed by atoms with E-state index in [2.05, 4.69) is 10.0 Å². The minimum atomic E-state index is -3.71. The highest BCUT2D eigenvalue weighted by Crippen LogP contribution is 2.34. The minimum Gasteiger partial charge on any atom is -0.497 e. The van der Waals surface area contributed by atoms with Crippen LogP contribution in [0.5, 0.6) is 11.5 Å². The molecule has 0 aliphatic heterocycles. The van der Waals surface area contributed by atoms with Crippen LogP contribution in [-0.4, -0.2) is 22.6 Å². The summed E-state index contributed by atoms with van der Waals surface area (Å²) in [6.07, 6.45) is 0. The van der Waals surface area contributed by atoms with Gasteiger partial charge in [0.2, 0.25) is 10.0 Å². The van der Waals surface area contributed by atoms with Crippen LogP contribution in [0.25, 0.3) is 10.8 Å². The van der Waals surface area contributed by atoms with Gasteiger partial charge in [-0.15, -0.1) is 0 Å². The first-order valence-electron chi connectivity index (χ1n) is 10.1. The van der Waals surface area contributed by atoms with Gasteiger partial charge in [-0.25, -0.2) is 8.42 Å². The predicted octanol–water partition coefficient (Wildman–Crippen LogP) is 6.20. The topological polar surface area (TPSA) is 76.7 Å². The zero-order valence-corrected chi connectivity index (χ0v) is 19.7. The molecule has 0 heterocycles. The second-order valence-corrected chi connectivity index (χ2v) is 9.62. The first-order chi connectivity index (χ1) is 15.8. The SMILES string of the molecule is COc1cc(Nc2cc3ccccc3cc2NS(=O)(=O)Cc2cccc(Cl)c2)cc(OC)c1. The zero-order valence-electron chi connectivity index (χ0n) is 18.1. The molecule has 4 rings (SSSR count). The van der Waals surface area contributed by atoms with Gasteiger partial charge in [0, 0.05) is 28.9 Å². The number of ether oxygens (including phenoxy) is 2. The number of methoxy groups -OCH3 is 2. The number of halogens is 1. The highest BCUT2D eigenvalue weighted by atomic mass is 35.5. The summed E-state index contributed by atoms with van der Waals surface area (Å²) in [6.45, 7) is 0. The van der Waals surface area contributed by atoms with Crippen molar-refractivity contribution in [1.82, 2.24) is 0 Å². The molecule has 4 aromatic carbocycles. The van der Waals surface area contributed by atoms with Crippen LogP contribution >= 0.6 is 11.6 Å². The molecular formula is C25H23ClN2O4S. The molecule has 0 fully saturated rings. The van der Waals surface area contributed by atoms with Crippen molar-refractivity contribution in [2.75, 3.05) is 24.3 Å². The van der Waals surface area contributed by atoms with Gasteiger partial charge in [0.1, 0.15) is 11.5 Å². The van der Waals surface area contributed by atoms with Gasteiger partial charge < -0.3 is 14.8 Å². The smallest absolute Gasteiger partial charge is 0.236 e. The summed E-state index contributed by atoms with van der Waals surface area (Å²) in [4.78, 5) is 0. The van der Waals surface area contributed by atoms with Crippen molar-refractivity contribution in [3.8, 4) is 11.5 Å². The third kappa shape index (κ3) is 5.69. The Kier molecular flexibility index (Phi) is 6.62. The molecule has 0 bridgehead atoms. The van der Waals surface area contributed by atoms with Gasteiger partial charge in [-0.1, -0.05) is 48.0 Å². The molecular weight excluding hydrogens is 460 g/mol. The van der Waals surface area contributed by atoms with Gasteiger partial charge in [0.15, 0.2) is 0 Å². The molecule has 0 aromatic heterocycles. The van der Waals surface area contributed by atoms with E-state index in [4.69, 9.17) is 21.1 Å². The first kappa shape index (κ1) is 22.8. The molecule has 170 valence electrons. The Morgan fingerprint density at radius 1 is 0.788 bits per heavy atom. The molecule has 0 saturated carbocycles. The quantitative estimate of drug-likeness (QED) is 0.313. The van der Waals surface area contributed by atoms with Crippen LogP contribution in [0.15, 0.2) is 78.9 Å². The Morgan fingerprint density at radius 2 is 1.42 bits per heavy atom. The van der Waals surface area contributed by atoms with Crippen LogP contribution < -0.4 is 19.5 Å². The van der Waals surface area contributed by atoms with Gasteiger partial charge in [0.05, 0.1) is 31.3 Å². The number of anilines is 3. The van der Waals surface area contributed by atoms with E-state index in [9.17, 15) is 8.42 Å². The number of hydrogen-bond acceptors (Lipinski definition) is 5. The summed E-state index contributed by atoms with van der Waals surface area (Å²) in [5, 5.41) is 5.66. The largest absolute Gasteiger partial charge is 0.497 e. The van der Waals surface area contributed by atoms with Crippen molar-refractivity contribution in [3.63, 3.8) is 0 Å². The fraction of sp³-hybridized carbons (Fsp3) is 0.120. The average Bonchev–Trinajstić information content (AvgIpc) is 2.78. The van der Waals surface area contributed by atoms with Crippen LogP contribution in [-0.2, 0) is 15.8 Å². The molecule has 0 unspecified atom stereocenters. The van der Waals surface area contributed by atoms with E-state index in [1.807, 2.05) is 48.5 Å². The van der Waals surface area contributed by atoms with Crippen LogP contribution in [0.2, 0.25) is 5.02 Å². The van der Waals surface area contributed by atoms with Crippen LogP contribution in [0.1, 0.15) is 5.56 Å².